The average molecular weight is 674 g/mol. The lowest BCUT2D eigenvalue weighted by atomic mass is 9.52. The van der Waals surface area contributed by atoms with E-state index in [9.17, 15) is 4.79 Å². The molecule has 2 aromatic rings. The maximum absolute atomic E-state index is 12.3. The number of allylic oxidation sites excluding steroid dienone is 5. The summed E-state index contributed by atoms with van der Waals surface area (Å²) in [5, 5.41) is 0. The van der Waals surface area contributed by atoms with Crippen LogP contribution in [0.2, 0.25) is 0 Å². The zero-order valence-corrected chi connectivity index (χ0v) is 31.4. The molecule has 0 bridgehead atoms. The third-order valence-corrected chi connectivity index (χ3v) is 11.0. The van der Waals surface area contributed by atoms with Crippen LogP contribution in [0.4, 0.5) is 0 Å². The smallest absolute Gasteiger partial charge is 0.168 e. The van der Waals surface area contributed by atoms with Crippen molar-refractivity contribution in [3.8, 4) is 17.6 Å². The van der Waals surface area contributed by atoms with Crippen molar-refractivity contribution in [2.45, 2.75) is 105 Å². The summed E-state index contributed by atoms with van der Waals surface area (Å²) < 4.78 is 11.4. The first-order chi connectivity index (χ1) is 24.2. The van der Waals surface area contributed by atoms with Crippen LogP contribution in [-0.2, 0) is 9.53 Å². The van der Waals surface area contributed by atoms with E-state index in [1.807, 2.05) is 50.3 Å². The van der Waals surface area contributed by atoms with Gasteiger partial charge in [-0.1, -0.05) is 89.0 Å². The molecule has 4 nitrogen and oxygen atoms in total. The maximum Gasteiger partial charge on any atom is 0.168 e. The number of nitrogens with two attached hydrogens (primary N) is 1. The van der Waals surface area contributed by atoms with E-state index in [0.29, 0.717) is 48.4 Å². The van der Waals surface area contributed by atoms with Gasteiger partial charge in [-0.25, -0.2) is 0 Å². The highest BCUT2D eigenvalue weighted by molar-refractivity contribution is 5.93. The van der Waals surface area contributed by atoms with Gasteiger partial charge in [0.2, 0.25) is 0 Å². The zero-order chi connectivity index (χ0) is 36.1. The summed E-state index contributed by atoms with van der Waals surface area (Å²) in [6.07, 6.45) is 15.5. The second-order valence-corrected chi connectivity index (χ2v) is 14.3. The molecule has 0 amide bonds. The second kappa shape index (κ2) is 18.7. The Hall–Kier alpha value is -4.19. The molecule has 0 heterocycles. The number of benzene rings is 2. The second-order valence-electron chi connectivity index (χ2n) is 14.3. The summed E-state index contributed by atoms with van der Waals surface area (Å²) in [4.78, 5) is 12.3. The lowest BCUT2D eigenvalue weighted by molar-refractivity contribution is -0.114. The van der Waals surface area contributed by atoms with Crippen molar-refractivity contribution in [2.75, 3.05) is 13.2 Å². The third-order valence-electron chi connectivity index (χ3n) is 11.0. The third kappa shape index (κ3) is 9.12. The molecule has 0 saturated heterocycles. The van der Waals surface area contributed by atoms with Crippen LogP contribution in [0, 0.1) is 35.0 Å². The molecular weight excluding hydrogens is 615 g/mol. The lowest BCUT2D eigenvalue weighted by Crippen LogP contribution is -2.42. The van der Waals surface area contributed by atoms with E-state index in [-0.39, 0.29) is 0 Å². The van der Waals surface area contributed by atoms with Crippen molar-refractivity contribution >= 4 is 11.5 Å². The van der Waals surface area contributed by atoms with Crippen molar-refractivity contribution in [3.05, 3.63) is 113 Å². The van der Waals surface area contributed by atoms with Gasteiger partial charge in [0, 0.05) is 23.5 Å². The molecule has 2 fully saturated rings. The first kappa shape index (κ1) is 38.6. The molecule has 5 unspecified atom stereocenters. The fraction of sp³-hybridized carbons (Fsp3) is 0.478. The van der Waals surface area contributed by atoms with Crippen molar-refractivity contribution < 1.29 is 14.3 Å². The fourth-order valence-corrected chi connectivity index (χ4v) is 8.48. The lowest BCUT2D eigenvalue weighted by Gasteiger charge is -2.52. The normalized spacial score (nSPS) is 24.8. The number of carbonyl (C=O) groups excluding carboxylic acids is 1. The molecule has 0 radical (unpaired) electrons. The van der Waals surface area contributed by atoms with Crippen molar-refractivity contribution in [1.82, 2.24) is 0 Å². The first-order valence-corrected chi connectivity index (χ1v) is 18.9. The van der Waals surface area contributed by atoms with Gasteiger partial charge in [-0.2, -0.15) is 0 Å². The first-order valence-electron chi connectivity index (χ1n) is 18.9. The van der Waals surface area contributed by atoms with Gasteiger partial charge in [-0.15, -0.1) is 0 Å². The van der Waals surface area contributed by atoms with Crippen molar-refractivity contribution in [3.63, 3.8) is 0 Å². The molecule has 2 saturated carbocycles. The minimum Gasteiger partial charge on any atom is -0.486 e. The molecule has 4 heteroatoms. The topological polar surface area (TPSA) is 61.5 Å². The van der Waals surface area contributed by atoms with E-state index in [0.717, 1.165) is 48.0 Å². The Morgan fingerprint density at radius 1 is 1.00 bits per heavy atom. The van der Waals surface area contributed by atoms with Crippen molar-refractivity contribution in [2.24, 2.45) is 28.9 Å². The molecule has 0 spiro atoms. The monoisotopic (exact) mass is 673 g/mol. The summed E-state index contributed by atoms with van der Waals surface area (Å²) in [5.41, 5.74) is 16.1. The molecule has 2 N–H and O–H groups in total. The molecular formula is C46H59NO3. The summed E-state index contributed by atoms with van der Waals surface area (Å²) in [7, 11) is 0. The number of hydrogen-bond acceptors (Lipinski definition) is 4. The number of carbonyl (C=O) groups is 1. The molecule has 50 heavy (non-hydrogen) atoms. The highest BCUT2D eigenvalue weighted by atomic mass is 16.5. The van der Waals surface area contributed by atoms with Crippen LogP contribution < -0.4 is 10.5 Å². The molecule has 266 valence electrons. The van der Waals surface area contributed by atoms with E-state index in [1.54, 1.807) is 11.8 Å². The van der Waals surface area contributed by atoms with Gasteiger partial charge in [0.15, 0.2) is 11.5 Å². The number of ketones is 1. The number of rotatable bonds is 7. The van der Waals surface area contributed by atoms with Gasteiger partial charge < -0.3 is 15.2 Å². The molecule has 2 aromatic carbocycles. The zero-order valence-electron chi connectivity index (χ0n) is 31.4. The largest absolute Gasteiger partial charge is 0.486 e. The Morgan fingerprint density at radius 3 is 2.34 bits per heavy atom. The Kier molecular flexibility index (Phi) is 14.4. The van der Waals surface area contributed by atoms with Crippen LogP contribution in [0.25, 0.3) is 5.76 Å². The summed E-state index contributed by atoms with van der Waals surface area (Å²) in [6, 6.07) is 16.7. The van der Waals surface area contributed by atoms with Gasteiger partial charge in [0.25, 0.3) is 0 Å². The van der Waals surface area contributed by atoms with Gasteiger partial charge >= 0.3 is 0 Å². The summed E-state index contributed by atoms with van der Waals surface area (Å²) >= 11 is 0. The van der Waals surface area contributed by atoms with Gasteiger partial charge in [0.05, 0.1) is 6.61 Å². The van der Waals surface area contributed by atoms with Gasteiger partial charge in [0.1, 0.15) is 12.4 Å². The molecule has 0 aliphatic heterocycles. The average Bonchev–Trinajstić information content (AvgIpc) is 3.43. The van der Waals surface area contributed by atoms with Crippen LogP contribution in [-0.4, -0.2) is 19.0 Å². The van der Waals surface area contributed by atoms with E-state index in [4.69, 9.17) is 15.2 Å². The quantitative estimate of drug-likeness (QED) is 0.180. The Morgan fingerprint density at radius 2 is 1.72 bits per heavy atom. The summed E-state index contributed by atoms with van der Waals surface area (Å²) in [6.45, 7) is 17.9. The standard InChI is InChI=1S/C39H42O3.C4H9N.C3H8/c1-5-37(41-6-2)29-14-18-32(19-15-29)42-23-7-8-27-10-12-28(13-11-27)35-25-39(4)26(3)9-22-36(39)34-20-16-30-24-31(40)17-21-33(30)38(34)35;1-2-3-4-5;1-3-2/h10-15,18-19,24,26,34-36H,1,6,9,16-17,20-23,25H2,2-4H3;3-4H,2,5H2,1H3;3H2,1-2H3. The van der Waals surface area contributed by atoms with Crippen LogP contribution >= 0.6 is 0 Å². The predicted molar refractivity (Wildman–Crippen MR) is 208 cm³/mol. The van der Waals surface area contributed by atoms with Crippen LogP contribution in [0.3, 0.4) is 0 Å². The van der Waals surface area contributed by atoms with E-state index in [2.05, 4.69) is 76.1 Å². The Balaban J connectivity index is 0.000000637. The fourth-order valence-electron chi connectivity index (χ4n) is 8.48. The minimum atomic E-state index is 0.309. The summed E-state index contributed by atoms with van der Waals surface area (Å²) in [5.74, 6) is 10.8. The van der Waals surface area contributed by atoms with E-state index >= 15 is 0 Å². The highest BCUT2D eigenvalue weighted by Crippen LogP contribution is 2.65. The van der Waals surface area contributed by atoms with Crippen LogP contribution in [0.15, 0.2) is 95.9 Å². The number of hydrogen-bond donors (Lipinski definition) is 1. The highest BCUT2D eigenvalue weighted by Gasteiger charge is 2.55. The van der Waals surface area contributed by atoms with Gasteiger partial charge in [-0.05, 0) is 140 Å². The van der Waals surface area contributed by atoms with Crippen LogP contribution in [0.5, 0.6) is 5.75 Å². The maximum atomic E-state index is 12.3. The predicted octanol–water partition coefficient (Wildman–Crippen LogP) is 11.1. The number of ether oxygens (including phenoxy) is 2. The van der Waals surface area contributed by atoms with Crippen LogP contribution in [0.1, 0.15) is 122 Å². The number of fused-ring (bicyclic) bond motifs is 4. The van der Waals surface area contributed by atoms with E-state index < -0.39 is 0 Å². The molecule has 5 atom stereocenters. The van der Waals surface area contributed by atoms with Crippen molar-refractivity contribution in [1.29, 1.82) is 0 Å². The Bertz CT molecular complexity index is 1640. The molecule has 0 aromatic heterocycles. The Labute approximate surface area is 302 Å². The molecule has 6 rings (SSSR count). The minimum absolute atomic E-state index is 0.309. The molecule has 4 aliphatic rings. The van der Waals surface area contributed by atoms with E-state index in [1.165, 1.54) is 48.8 Å². The van der Waals surface area contributed by atoms with Gasteiger partial charge in [-0.3, -0.25) is 4.79 Å². The molecule has 4 aliphatic carbocycles. The SMILES string of the molecule is C=C=C(OCC)c1ccc(OCC#Cc2ccc(C3CC4(C)C(C)CCC4C4CCC5=CC(=O)CCC5=C34)cc2)cc1.CCC.CCC=CN.